The third-order valence-corrected chi connectivity index (χ3v) is 5.35. The smallest absolute Gasteiger partial charge is 0.236 e. The third kappa shape index (κ3) is 3.26. The second kappa shape index (κ2) is 6.54. The Balaban J connectivity index is 1.58. The molecule has 25 heavy (non-hydrogen) atoms. The number of aromatic nitrogens is 2. The van der Waals surface area contributed by atoms with Crippen LogP contribution in [0.3, 0.4) is 0 Å². The lowest BCUT2D eigenvalue weighted by Gasteiger charge is -2.42. The van der Waals surface area contributed by atoms with Crippen LogP contribution in [0.15, 0.2) is 0 Å². The Morgan fingerprint density at radius 1 is 1.40 bits per heavy atom. The Bertz CT molecular complexity index is 634. The molecule has 2 bridgehead atoms. The first-order valence-electron chi connectivity index (χ1n) is 8.11. The van der Waals surface area contributed by atoms with Crippen molar-refractivity contribution < 1.29 is 23.7 Å². The molecule has 140 valence electrons. The zero-order valence-corrected chi connectivity index (χ0v) is 15.5. The average molecular weight is 393 g/mol. The molecule has 0 amide bonds. The van der Waals surface area contributed by atoms with E-state index in [2.05, 4.69) is 14.7 Å². The lowest BCUT2D eigenvalue weighted by atomic mass is 9.88. The summed E-state index contributed by atoms with van der Waals surface area (Å²) in [4.78, 5) is 4.13. The van der Waals surface area contributed by atoms with Crippen molar-refractivity contribution in [2.24, 2.45) is 5.73 Å². The fourth-order valence-corrected chi connectivity index (χ4v) is 4.26. The maximum absolute atomic E-state index is 6.20. The van der Waals surface area contributed by atoms with Gasteiger partial charge in [0, 0.05) is 18.1 Å². The van der Waals surface area contributed by atoms with E-state index in [1.54, 1.807) is 0 Å². The largest absolute Gasteiger partial charge is 0.377 e. The highest BCUT2D eigenvalue weighted by Gasteiger charge is 2.66. The summed E-state index contributed by atoms with van der Waals surface area (Å²) in [5.41, 5.74) is 4.80. The van der Waals surface area contributed by atoms with E-state index in [0.717, 1.165) is 0 Å². The quantitative estimate of drug-likeness (QED) is 0.672. The number of hydrogen-bond acceptors (Lipinski definition) is 10. The zero-order chi connectivity index (χ0) is 17.7. The second-order valence-electron chi connectivity index (χ2n) is 6.76. The second-order valence-corrected chi connectivity index (χ2v) is 7.85. The fraction of sp³-hybridized carbons (Fsp3) is 0.857. The van der Waals surface area contributed by atoms with Gasteiger partial charge in [-0.15, -0.1) is 0 Å². The van der Waals surface area contributed by atoms with Gasteiger partial charge in [0.25, 0.3) is 0 Å². The maximum Gasteiger partial charge on any atom is 0.236 e. The Kier molecular flexibility index (Phi) is 4.66. The van der Waals surface area contributed by atoms with E-state index in [1.807, 2.05) is 13.8 Å². The van der Waals surface area contributed by atoms with Gasteiger partial charge in [0.15, 0.2) is 12.1 Å². The third-order valence-electron chi connectivity index (χ3n) is 4.44. The molecule has 0 saturated carbocycles. The predicted octanol–water partition coefficient (Wildman–Crippen LogP) is 0.593. The van der Waals surface area contributed by atoms with Gasteiger partial charge in [0.2, 0.25) is 10.4 Å². The molecule has 0 radical (unpaired) electrons. The van der Waals surface area contributed by atoms with Gasteiger partial charge in [-0.2, -0.15) is 9.36 Å². The van der Waals surface area contributed by atoms with E-state index in [-0.39, 0.29) is 23.5 Å². The summed E-state index contributed by atoms with van der Waals surface area (Å²) in [5.74, 6) is -0.733. The van der Waals surface area contributed by atoms with Crippen LogP contribution < -0.4 is 11.1 Å². The van der Waals surface area contributed by atoms with Crippen molar-refractivity contribution in [3.05, 3.63) is 5.28 Å². The highest BCUT2D eigenvalue weighted by atomic mass is 35.5. The number of halogens is 1. The Labute approximate surface area is 154 Å². The standard InChI is InChI=1S/C14H21ClN4O5S/c1-13(2)22-8-7(17-12-18-11(15)19-25-12)10-21-6-14(24-10,9(8)23-13)5-20-4-3-16/h7-10H,3-6,16H2,1-2H3,(H,17,18,19)/t7-,8-,9-,10+,14+/m1/s1. The number of fused-ring (bicyclic) bond motifs is 4. The minimum Gasteiger partial charge on any atom is -0.377 e. The molecule has 3 fully saturated rings. The van der Waals surface area contributed by atoms with E-state index < -0.39 is 17.7 Å². The molecule has 4 heterocycles. The molecule has 3 N–H and O–H groups in total. The van der Waals surface area contributed by atoms with Crippen LogP contribution in [0.4, 0.5) is 5.13 Å². The first kappa shape index (κ1) is 17.8. The molecular formula is C14H21ClN4O5S. The van der Waals surface area contributed by atoms with Crippen molar-refractivity contribution in [2.45, 2.75) is 49.8 Å². The number of nitrogens with two attached hydrogens (primary N) is 1. The van der Waals surface area contributed by atoms with Gasteiger partial charge in [-0.05, 0) is 25.4 Å². The molecule has 0 aliphatic carbocycles. The molecule has 1 aromatic rings. The maximum atomic E-state index is 6.20. The van der Waals surface area contributed by atoms with Crippen molar-refractivity contribution in [3.8, 4) is 0 Å². The molecule has 11 heteroatoms. The molecule has 3 aliphatic heterocycles. The fourth-order valence-electron chi connectivity index (χ4n) is 3.51. The number of nitrogens with zero attached hydrogens (tertiary/aromatic N) is 2. The molecule has 5 atom stereocenters. The van der Waals surface area contributed by atoms with Crippen molar-refractivity contribution in [1.82, 2.24) is 9.36 Å². The minimum atomic E-state index is -0.733. The normalized spacial score (nSPS) is 38.7. The van der Waals surface area contributed by atoms with E-state index >= 15 is 0 Å². The molecule has 3 saturated heterocycles. The van der Waals surface area contributed by atoms with Crippen LogP contribution in [-0.4, -0.2) is 71.7 Å². The summed E-state index contributed by atoms with van der Waals surface area (Å²) in [6.45, 7) is 5.35. The number of ether oxygens (including phenoxy) is 5. The topological polar surface area (TPSA) is 110 Å². The van der Waals surface area contributed by atoms with Crippen LogP contribution in [0.25, 0.3) is 0 Å². The van der Waals surface area contributed by atoms with Crippen LogP contribution >= 0.6 is 23.1 Å². The lowest BCUT2D eigenvalue weighted by Crippen LogP contribution is -2.63. The summed E-state index contributed by atoms with van der Waals surface area (Å²) >= 11 is 6.98. The van der Waals surface area contributed by atoms with Gasteiger partial charge in [0.05, 0.1) is 19.8 Å². The van der Waals surface area contributed by atoms with Gasteiger partial charge < -0.3 is 34.7 Å². The van der Waals surface area contributed by atoms with Crippen LogP contribution in [-0.2, 0) is 23.7 Å². The molecule has 4 rings (SSSR count). The van der Waals surface area contributed by atoms with E-state index in [1.165, 1.54) is 11.5 Å². The molecule has 0 spiro atoms. The number of anilines is 1. The minimum absolute atomic E-state index is 0.196. The summed E-state index contributed by atoms with van der Waals surface area (Å²) in [6, 6.07) is -0.305. The molecule has 3 aliphatic rings. The van der Waals surface area contributed by atoms with Crippen LogP contribution in [0, 0.1) is 0 Å². The van der Waals surface area contributed by atoms with E-state index in [0.29, 0.717) is 31.5 Å². The lowest BCUT2D eigenvalue weighted by molar-refractivity contribution is -0.206. The Morgan fingerprint density at radius 3 is 2.96 bits per heavy atom. The van der Waals surface area contributed by atoms with Gasteiger partial charge in [-0.25, -0.2) is 0 Å². The first-order chi connectivity index (χ1) is 11.9. The van der Waals surface area contributed by atoms with Crippen molar-refractivity contribution in [2.75, 3.05) is 31.7 Å². The zero-order valence-electron chi connectivity index (χ0n) is 13.9. The molecule has 1 aromatic heterocycles. The molecule has 0 aromatic carbocycles. The van der Waals surface area contributed by atoms with Crippen molar-refractivity contribution >= 4 is 28.3 Å². The number of rotatable bonds is 6. The van der Waals surface area contributed by atoms with Crippen LogP contribution in [0.2, 0.25) is 5.28 Å². The first-order valence-corrected chi connectivity index (χ1v) is 9.26. The molecule has 9 nitrogen and oxygen atoms in total. The Morgan fingerprint density at radius 2 is 2.24 bits per heavy atom. The Hall–Kier alpha value is -0.590. The number of hydrogen-bond donors (Lipinski definition) is 2. The predicted molar refractivity (Wildman–Crippen MR) is 89.6 cm³/mol. The van der Waals surface area contributed by atoms with Crippen LogP contribution in [0.5, 0.6) is 0 Å². The van der Waals surface area contributed by atoms with E-state index in [9.17, 15) is 0 Å². The van der Waals surface area contributed by atoms with Gasteiger partial charge in [-0.3, -0.25) is 0 Å². The van der Waals surface area contributed by atoms with E-state index in [4.69, 9.17) is 41.0 Å². The summed E-state index contributed by atoms with van der Waals surface area (Å²) in [6.07, 6.45) is -1.15. The average Bonchev–Trinajstić information content (AvgIpc) is 3.22. The van der Waals surface area contributed by atoms with Crippen molar-refractivity contribution in [1.29, 1.82) is 0 Å². The monoisotopic (exact) mass is 392 g/mol. The summed E-state index contributed by atoms with van der Waals surface area (Å²) in [7, 11) is 0. The van der Waals surface area contributed by atoms with Crippen molar-refractivity contribution in [3.63, 3.8) is 0 Å². The number of nitrogens with one attached hydrogen (secondary N) is 1. The van der Waals surface area contributed by atoms with Gasteiger partial charge in [0.1, 0.15) is 23.9 Å². The molecular weight excluding hydrogens is 372 g/mol. The highest BCUT2D eigenvalue weighted by Crippen LogP contribution is 2.47. The van der Waals surface area contributed by atoms with Gasteiger partial charge in [-0.1, -0.05) is 0 Å². The molecule has 0 unspecified atom stereocenters. The summed E-state index contributed by atoms with van der Waals surface area (Å²) in [5, 5.41) is 4.04. The highest BCUT2D eigenvalue weighted by molar-refractivity contribution is 7.09. The SMILES string of the molecule is CC1(C)O[C@@H]2[C@@H](Nc3nc(Cl)ns3)[C@H]3OC[C@](COCCN)(O3)[C@@H]2O1. The van der Waals surface area contributed by atoms with Gasteiger partial charge >= 0.3 is 0 Å². The van der Waals surface area contributed by atoms with Crippen LogP contribution in [0.1, 0.15) is 13.8 Å². The summed E-state index contributed by atoms with van der Waals surface area (Å²) < 4.78 is 34.0.